The molecule has 0 bridgehead atoms. The van der Waals surface area contributed by atoms with Crippen molar-refractivity contribution in [1.82, 2.24) is 0 Å². The first-order valence-corrected chi connectivity index (χ1v) is 16.1. The molecular formula is C28H49O9P. The summed E-state index contributed by atoms with van der Waals surface area (Å²) >= 11 is 0. The number of ether oxygens (including phenoxy) is 3. The molecule has 4 saturated carbocycles. The SMILES string of the molecule is CCOC1CCC2(C)C(C1)CC(OC)C1C2CC(O)C2(C)C(C(C)CCC(=O)OCOP(=O)(O)O)CCC12. The molecule has 0 aliphatic heterocycles. The molecule has 11 atom stereocenters. The number of methoxy groups -OCH3 is 1. The van der Waals surface area contributed by atoms with Crippen molar-refractivity contribution in [1.29, 1.82) is 0 Å². The number of hydrogen-bond acceptors (Lipinski definition) is 7. The Morgan fingerprint density at radius 1 is 1.11 bits per heavy atom. The maximum Gasteiger partial charge on any atom is 0.472 e. The van der Waals surface area contributed by atoms with E-state index in [0.29, 0.717) is 36.2 Å². The van der Waals surface area contributed by atoms with Crippen LogP contribution in [0.15, 0.2) is 0 Å². The molecule has 4 aliphatic carbocycles. The molecule has 3 N–H and O–H groups in total. The number of carbonyl (C=O) groups excluding carboxylic acids is 1. The van der Waals surface area contributed by atoms with Gasteiger partial charge in [-0.1, -0.05) is 20.8 Å². The number of phosphoric acid groups is 1. The number of esters is 1. The van der Waals surface area contributed by atoms with E-state index in [1.807, 2.05) is 7.11 Å². The summed E-state index contributed by atoms with van der Waals surface area (Å²) < 4.78 is 32.1. The number of phosphoric ester groups is 1. The fraction of sp³-hybridized carbons (Fsp3) is 0.964. The molecular weight excluding hydrogens is 511 g/mol. The van der Waals surface area contributed by atoms with Crippen LogP contribution in [0.25, 0.3) is 0 Å². The average Bonchev–Trinajstić information content (AvgIpc) is 3.21. The molecule has 10 heteroatoms. The summed E-state index contributed by atoms with van der Waals surface area (Å²) in [4.78, 5) is 29.6. The van der Waals surface area contributed by atoms with Gasteiger partial charge in [-0.05, 0) is 105 Å². The molecule has 0 radical (unpaired) electrons. The smallest absolute Gasteiger partial charge is 0.438 e. The zero-order chi connectivity index (χ0) is 27.9. The van der Waals surface area contributed by atoms with Crippen molar-refractivity contribution >= 4 is 13.8 Å². The van der Waals surface area contributed by atoms with Gasteiger partial charge in [0.05, 0.1) is 18.3 Å². The van der Waals surface area contributed by atoms with E-state index in [1.54, 1.807) is 0 Å². The number of rotatable bonds is 10. The molecule has 0 aromatic heterocycles. The van der Waals surface area contributed by atoms with Gasteiger partial charge in [0.2, 0.25) is 6.79 Å². The van der Waals surface area contributed by atoms with Crippen molar-refractivity contribution in [3.05, 3.63) is 0 Å². The Kier molecular flexibility index (Phi) is 9.41. The lowest BCUT2D eigenvalue weighted by Gasteiger charge is -2.64. The molecule has 4 aliphatic rings. The Morgan fingerprint density at radius 3 is 2.50 bits per heavy atom. The third-order valence-corrected chi connectivity index (χ3v) is 11.9. The van der Waals surface area contributed by atoms with Crippen LogP contribution in [0.5, 0.6) is 0 Å². The second-order valence-electron chi connectivity index (χ2n) is 12.9. The second-order valence-corrected chi connectivity index (χ2v) is 14.2. The van der Waals surface area contributed by atoms with E-state index in [4.69, 9.17) is 24.0 Å². The molecule has 4 fully saturated rings. The first kappa shape index (κ1) is 30.4. The van der Waals surface area contributed by atoms with E-state index in [9.17, 15) is 14.5 Å². The molecule has 38 heavy (non-hydrogen) atoms. The van der Waals surface area contributed by atoms with Gasteiger partial charge in [0.1, 0.15) is 0 Å². The molecule has 220 valence electrons. The summed E-state index contributed by atoms with van der Waals surface area (Å²) in [6.07, 6.45) is 8.11. The third-order valence-electron chi connectivity index (χ3n) is 11.4. The normalized spacial score (nSPS) is 43.6. The van der Waals surface area contributed by atoms with Crippen LogP contribution in [-0.2, 0) is 28.1 Å². The molecule has 9 nitrogen and oxygen atoms in total. The maximum absolute atomic E-state index is 12.1. The van der Waals surface area contributed by atoms with Crippen LogP contribution in [0.2, 0.25) is 0 Å². The Bertz CT molecular complexity index is 878. The Labute approximate surface area is 227 Å². The van der Waals surface area contributed by atoms with E-state index in [0.717, 1.165) is 51.6 Å². The van der Waals surface area contributed by atoms with Gasteiger partial charge in [-0.25, -0.2) is 9.09 Å². The zero-order valence-electron chi connectivity index (χ0n) is 23.7. The molecule has 0 heterocycles. The van der Waals surface area contributed by atoms with Crippen molar-refractivity contribution in [2.75, 3.05) is 20.5 Å². The van der Waals surface area contributed by atoms with E-state index >= 15 is 0 Å². The number of aliphatic hydroxyl groups is 1. The van der Waals surface area contributed by atoms with Crippen molar-refractivity contribution in [2.45, 2.75) is 104 Å². The highest BCUT2D eigenvalue weighted by molar-refractivity contribution is 7.46. The van der Waals surface area contributed by atoms with Gasteiger partial charge in [-0.3, -0.25) is 4.79 Å². The molecule has 0 amide bonds. The highest BCUT2D eigenvalue weighted by atomic mass is 31.2. The van der Waals surface area contributed by atoms with Crippen molar-refractivity contribution in [2.24, 2.45) is 46.3 Å². The first-order valence-electron chi connectivity index (χ1n) is 14.5. The van der Waals surface area contributed by atoms with Crippen molar-refractivity contribution < 1.29 is 43.0 Å². The van der Waals surface area contributed by atoms with Crippen LogP contribution in [-0.4, -0.2) is 59.7 Å². The number of carbonyl (C=O) groups is 1. The minimum atomic E-state index is -4.67. The lowest BCUT2D eigenvalue weighted by Crippen LogP contribution is -2.62. The standard InChI is InChI=1S/C28H49O9P/c1-6-35-19-11-12-27(3)18(13-19)14-23(34-5)26-21-9-8-20(28(21,4)24(29)15-22(26)27)17(2)7-10-25(30)36-16-37-38(31,32)33/h17-24,26,29H,6-16H2,1-5H3,(H2,31,32,33). The molecule has 0 saturated heterocycles. The average molecular weight is 561 g/mol. The quantitative estimate of drug-likeness (QED) is 0.198. The fourth-order valence-electron chi connectivity index (χ4n) is 9.51. The first-order chi connectivity index (χ1) is 17.8. The van der Waals surface area contributed by atoms with Crippen LogP contribution in [0.1, 0.15) is 85.5 Å². The number of fused-ring (bicyclic) bond motifs is 5. The van der Waals surface area contributed by atoms with Crippen LogP contribution in [0, 0.1) is 46.3 Å². The van der Waals surface area contributed by atoms with Gasteiger partial charge in [0.15, 0.2) is 0 Å². The van der Waals surface area contributed by atoms with Crippen molar-refractivity contribution in [3.63, 3.8) is 0 Å². The predicted octanol–water partition coefficient (Wildman–Crippen LogP) is 4.67. The molecule has 11 unspecified atom stereocenters. The van der Waals surface area contributed by atoms with Crippen LogP contribution >= 0.6 is 7.82 Å². The molecule has 0 aromatic rings. The van der Waals surface area contributed by atoms with E-state index in [-0.39, 0.29) is 35.2 Å². The van der Waals surface area contributed by atoms with E-state index < -0.39 is 26.7 Å². The molecule has 4 rings (SSSR count). The monoisotopic (exact) mass is 560 g/mol. The summed E-state index contributed by atoms with van der Waals surface area (Å²) in [5.74, 6) is 1.71. The Hall–Kier alpha value is -0.540. The summed E-state index contributed by atoms with van der Waals surface area (Å²) in [6, 6.07) is 0. The summed E-state index contributed by atoms with van der Waals surface area (Å²) in [6.45, 7) is 8.96. The van der Waals surface area contributed by atoms with Gasteiger partial charge in [0, 0.05) is 20.1 Å². The topological polar surface area (TPSA) is 132 Å². The van der Waals surface area contributed by atoms with Crippen LogP contribution < -0.4 is 0 Å². The van der Waals surface area contributed by atoms with E-state index in [2.05, 4.69) is 32.2 Å². The van der Waals surface area contributed by atoms with Gasteiger partial charge in [-0.15, -0.1) is 0 Å². The molecule has 0 spiro atoms. The lowest BCUT2D eigenvalue weighted by atomic mass is 9.43. The largest absolute Gasteiger partial charge is 0.472 e. The minimum Gasteiger partial charge on any atom is -0.438 e. The Morgan fingerprint density at radius 2 is 1.84 bits per heavy atom. The highest BCUT2D eigenvalue weighted by Gasteiger charge is 2.66. The van der Waals surface area contributed by atoms with Gasteiger partial charge < -0.3 is 29.1 Å². The third kappa shape index (κ3) is 5.77. The zero-order valence-corrected chi connectivity index (χ0v) is 24.6. The minimum absolute atomic E-state index is 0.145. The fourth-order valence-corrected chi connectivity index (χ4v) is 9.70. The predicted molar refractivity (Wildman–Crippen MR) is 141 cm³/mol. The van der Waals surface area contributed by atoms with E-state index in [1.165, 1.54) is 0 Å². The van der Waals surface area contributed by atoms with Crippen LogP contribution in [0.4, 0.5) is 0 Å². The lowest BCUT2D eigenvalue weighted by molar-refractivity contribution is -0.214. The second kappa shape index (κ2) is 11.8. The maximum atomic E-state index is 12.1. The number of hydrogen-bond donors (Lipinski definition) is 3. The summed E-state index contributed by atoms with van der Waals surface area (Å²) in [5.41, 5.74) is -0.0469. The summed E-state index contributed by atoms with van der Waals surface area (Å²) in [5, 5.41) is 11.8. The number of aliphatic hydroxyl groups excluding tert-OH is 1. The van der Waals surface area contributed by atoms with Gasteiger partial charge >= 0.3 is 13.8 Å². The molecule has 0 aromatic carbocycles. The highest BCUT2D eigenvalue weighted by Crippen LogP contribution is 2.68. The van der Waals surface area contributed by atoms with Crippen molar-refractivity contribution in [3.8, 4) is 0 Å². The van der Waals surface area contributed by atoms with Gasteiger partial charge in [-0.2, -0.15) is 0 Å². The Balaban J connectivity index is 1.45. The summed E-state index contributed by atoms with van der Waals surface area (Å²) in [7, 11) is -2.82. The van der Waals surface area contributed by atoms with Crippen LogP contribution in [0.3, 0.4) is 0 Å². The van der Waals surface area contributed by atoms with Gasteiger partial charge in [0.25, 0.3) is 0 Å².